The van der Waals surface area contributed by atoms with Crippen LogP contribution in [0, 0.1) is 0 Å². The number of nitrogens with one attached hydrogen (secondary N) is 2. The third-order valence-corrected chi connectivity index (χ3v) is 5.27. The Morgan fingerprint density at radius 3 is 2.64 bits per heavy atom. The Balaban J connectivity index is 1.86. The zero-order valence-electron chi connectivity index (χ0n) is 15.0. The predicted octanol–water partition coefficient (Wildman–Crippen LogP) is 2.69. The number of hydrogen-bond acceptors (Lipinski definition) is 6. The van der Waals surface area contributed by atoms with Crippen LogP contribution in [-0.2, 0) is 12.8 Å². The summed E-state index contributed by atoms with van der Waals surface area (Å²) in [5.41, 5.74) is 5.50. The number of aromatic nitrogens is 2. The average molecular weight is 342 g/mol. The highest BCUT2D eigenvalue weighted by atomic mass is 16.5. The van der Waals surface area contributed by atoms with E-state index in [2.05, 4.69) is 10.6 Å². The van der Waals surface area contributed by atoms with E-state index < -0.39 is 0 Å². The van der Waals surface area contributed by atoms with Crippen molar-refractivity contribution in [3.63, 3.8) is 0 Å². The Bertz CT molecular complexity index is 767. The van der Waals surface area contributed by atoms with Gasteiger partial charge in [0.05, 0.1) is 25.4 Å². The Morgan fingerprint density at radius 1 is 1.08 bits per heavy atom. The molecule has 2 aliphatic rings. The van der Waals surface area contributed by atoms with Gasteiger partial charge in [0.15, 0.2) is 5.75 Å². The first kappa shape index (κ1) is 16.4. The number of rotatable bonds is 4. The average Bonchev–Trinajstić information content (AvgIpc) is 2.67. The molecule has 0 spiro atoms. The zero-order valence-corrected chi connectivity index (χ0v) is 15.0. The summed E-state index contributed by atoms with van der Waals surface area (Å²) in [7, 11) is 3.26. The maximum Gasteiger partial charge on any atom is 0.257 e. The quantitative estimate of drug-likeness (QED) is 0.890. The lowest BCUT2D eigenvalue weighted by Crippen LogP contribution is -2.35. The van der Waals surface area contributed by atoms with E-state index in [0.717, 1.165) is 55.5 Å². The van der Waals surface area contributed by atoms with Gasteiger partial charge < -0.3 is 20.1 Å². The van der Waals surface area contributed by atoms with Gasteiger partial charge in [0, 0.05) is 17.8 Å². The van der Waals surface area contributed by atoms with Crippen LogP contribution in [-0.4, -0.2) is 43.3 Å². The van der Waals surface area contributed by atoms with Crippen LogP contribution in [0.2, 0.25) is 0 Å². The van der Waals surface area contributed by atoms with E-state index in [-0.39, 0.29) is 0 Å². The van der Waals surface area contributed by atoms with Crippen LogP contribution in [0.3, 0.4) is 0 Å². The zero-order chi connectivity index (χ0) is 17.2. The minimum atomic E-state index is 0.479. The number of hydrogen-bond donors (Lipinski definition) is 2. The molecule has 1 fully saturated rings. The Morgan fingerprint density at radius 2 is 1.88 bits per heavy atom. The van der Waals surface area contributed by atoms with Gasteiger partial charge in [-0.1, -0.05) is 0 Å². The number of ether oxygens (including phenoxy) is 2. The monoisotopic (exact) mass is 342 g/mol. The second kappa shape index (κ2) is 7.04. The fourth-order valence-electron chi connectivity index (χ4n) is 3.93. The van der Waals surface area contributed by atoms with Crippen molar-refractivity contribution in [1.29, 1.82) is 0 Å². The lowest BCUT2D eigenvalue weighted by Gasteiger charge is -2.28. The van der Waals surface area contributed by atoms with E-state index in [9.17, 15) is 0 Å². The van der Waals surface area contributed by atoms with Gasteiger partial charge >= 0.3 is 0 Å². The van der Waals surface area contributed by atoms with Crippen molar-refractivity contribution in [3.8, 4) is 11.6 Å². The van der Waals surface area contributed by atoms with E-state index in [1.807, 2.05) is 6.07 Å². The topological polar surface area (TPSA) is 68.3 Å². The maximum absolute atomic E-state index is 5.43. The molecule has 134 valence electrons. The minimum Gasteiger partial charge on any atom is -0.491 e. The fourth-order valence-corrected chi connectivity index (χ4v) is 3.93. The molecule has 2 aromatic rings. The molecule has 6 heteroatoms. The number of methoxy groups -OCH3 is 2. The fraction of sp³-hybridized carbons (Fsp3) is 0.579. The molecule has 0 bridgehead atoms. The number of pyridine rings is 2. The van der Waals surface area contributed by atoms with Crippen molar-refractivity contribution in [2.24, 2.45) is 0 Å². The molecule has 0 unspecified atom stereocenters. The standard InChI is InChI=1S/C19H26N4O2/c1-24-16-11-15-18(23-19(16)25-2)17(21-12-7-9-20-10-8-12)13-5-3-4-6-14(13)22-15/h11-12,20H,3-10H2,1-2H3,(H,21,22). The number of nitrogens with zero attached hydrogens (tertiary/aromatic N) is 2. The number of fused-ring (bicyclic) bond motifs is 2. The number of anilines is 1. The van der Waals surface area contributed by atoms with Crippen LogP contribution in [0.15, 0.2) is 6.07 Å². The van der Waals surface area contributed by atoms with Crippen molar-refractivity contribution in [2.45, 2.75) is 44.6 Å². The van der Waals surface area contributed by atoms with Gasteiger partial charge in [-0.2, -0.15) is 0 Å². The van der Waals surface area contributed by atoms with Crippen molar-refractivity contribution in [2.75, 3.05) is 32.6 Å². The van der Waals surface area contributed by atoms with Crippen molar-refractivity contribution in [1.82, 2.24) is 15.3 Å². The summed E-state index contributed by atoms with van der Waals surface area (Å²) < 4.78 is 10.9. The van der Waals surface area contributed by atoms with Gasteiger partial charge in [-0.15, -0.1) is 0 Å². The molecular weight excluding hydrogens is 316 g/mol. The van der Waals surface area contributed by atoms with Crippen LogP contribution in [0.4, 0.5) is 5.69 Å². The van der Waals surface area contributed by atoms with E-state index in [1.165, 1.54) is 24.1 Å². The number of aryl methyl sites for hydroxylation is 1. The van der Waals surface area contributed by atoms with Gasteiger partial charge in [-0.25, -0.2) is 4.98 Å². The van der Waals surface area contributed by atoms with Crippen LogP contribution >= 0.6 is 0 Å². The molecule has 2 aromatic heterocycles. The van der Waals surface area contributed by atoms with Gasteiger partial charge in [0.2, 0.25) is 0 Å². The first-order chi connectivity index (χ1) is 12.3. The summed E-state index contributed by atoms with van der Waals surface area (Å²) in [6.45, 7) is 2.13. The molecule has 3 heterocycles. The van der Waals surface area contributed by atoms with Crippen molar-refractivity contribution in [3.05, 3.63) is 17.3 Å². The highest BCUT2D eigenvalue weighted by Gasteiger charge is 2.23. The number of piperidine rings is 1. The first-order valence-electron chi connectivity index (χ1n) is 9.22. The molecule has 4 rings (SSSR count). The van der Waals surface area contributed by atoms with Crippen molar-refractivity contribution < 1.29 is 9.47 Å². The summed E-state index contributed by atoms with van der Waals surface area (Å²) >= 11 is 0. The SMILES string of the molecule is COc1cc2nc3c(c(NC4CCNCC4)c2nc1OC)CCCC3. The maximum atomic E-state index is 5.43. The Hall–Kier alpha value is -2.08. The largest absolute Gasteiger partial charge is 0.491 e. The highest BCUT2D eigenvalue weighted by Crippen LogP contribution is 2.37. The van der Waals surface area contributed by atoms with Gasteiger partial charge in [-0.3, -0.25) is 4.98 Å². The van der Waals surface area contributed by atoms with Crippen LogP contribution < -0.4 is 20.1 Å². The van der Waals surface area contributed by atoms with Gasteiger partial charge in [-0.05, 0) is 57.2 Å². The van der Waals surface area contributed by atoms with Gasteiger partial charge in [0.1, 0.15) is 5.52 Å². The molecule has 1 aliphatic carbocycles. The summed E-state index contributed by atoms with van der Waals surface area (Å²) in [6.07, 6.45) is 6.80. The molecular formula is C19H26N4O2. The van der Waals surface area contributed by atoms with Crippen LogP contribution in [0.25, 0.3) is 11.0 Å². The molecule has 0 saturated carbocycles. The summed E-state index contributed by atoms with van der Waals surface area (Å²) in [6, 6.07) is 2.43. The van der Waals surface area contributed by atoms with E-state index >= 15 is 0 Å². The predicted molar refractivity (Wildman–Crippen MR) is 98.8 cm³/mol. The molecule has 25 heavy (non-hydrogen) atoms. The molecule has 1 saturated heterocycles. The normalized spacial score (nSPS) is 18.0. The van der Waals surface area contributed by atoms with Crippen LogP contribution in [0.1, 0.15) is 36.9 Å². The molecule has 0 aromatic carbocycles. The van der Waals surface area contributed by atoms with Gasteiger partial charge in [0.25, 0.3) is 5.88 Å². The lowest BCUT2D eigenvalue weighted by atomic mass is 9.93. The molecule has 0 radical (unpaired) electrons. The minimum absolute atomic E-state index is 0.479. The first-order valence-corrected chi connectivity index (χ1v) is 9.22. The van der Waals surface area contributed by atoms with E-state index in [0.29, 0.717) is 17.7 Å². The lowest BCUT2D eigenvalue weighted by molar-refractivity contribution is 0.344. The molecule has 2 N–H and O–H groups in total. The second-order valence-corrected chi connectivity index (χ2v) is 6.86. The molecule has 0 atom stereocenters. The molecule has 6 nitrogen and oxygen atoms in total. The van der Waals surface area contributed by atoms with E-state index in [1.54, 1.807) is 14.2 Å². The molecule has 0 amide bonds. The Kier molecular flexibility index (Phi) is 4.61. The Labute approximate surface area is 148 Å². The summed E-state index contributed by atoms with van der Waals surface area (Å²) in [5.74, 6) is 1.15. The van der Waals surface area contributed by atoms with E-state index in [4.69, 9.17) is 19.4 Å². The van der Waals surface area contributed by atoms with Crippen molar-refractivity contribution >= 4 is 16.7 Å². The summed E-state index contributed by atoms with van der Waals surface area (Å²) in [5, 5.41) is 7.23. The summed E-state index contributed by atoms with van der Waals surface area (Å²) in [4.78, 5) is 9.65. The molecule has 1 aliphatic heterocycles. The smallest absolute Gasteiger partial charge is 0.257 e. The third-order valence-electron chi connectivity index (χ3n) is 5.27. The van der Waals surface area contributed by atoms with Crippen LogP contribution in [0.5, 0.6) is 11.6 Å². The third kappa shape index (κ3) is 3.11. The highest BCUT2D eigenvalue weighted by molar-refractivity contribution is 5.91. The second-order valence-electron chi connectivity index (χ2n) is 6.86.